The molecule has 0 unspecified atom stereocenters. The molecule has 0 spiro atoms. The molecule has 0 heterocycles. The van der Waals surface area contributed by atoms with Gasteiger partial charge >= 0.3 is 0 Å². The van der Waals surface area contributed by atoms with Crippen LogP contribution in [-0.2, 0) is 21.7 Å². The van der Waals surface area contributed by atoms with E-state index in [-0.39, 0.29) is 16.2 Å². The summed E-state index contributed by atoms with van der Waals surface area (Å²) < 4.78 is 0. The quantitative estimate of drug-likeness (QED) is 0.0559. The minimum Gasteiger partial charge on any atom is -0.0654 e. The highest BCUT2D eigenvalue weighted by molar-refractivity contribution is 6.24. The number of aryl methyl sites for hydroxylation is 2. The van der Waals surface area contributed by atoms with Gasteiger partial charge in [-0.1, -0.05) is 332 Å². The van der Waals surface area contributed by atoms with E-state index < -0.39 is 5.41 Å². The third-order valence-corrected chi connectivity index (χ3v) is 21.8. The Labute approximate surface area is 550 Å². The molecule has 2 aliphatic rings. The number of hydrogen-bond acceptors (Lipinski definition) is 0. The van der Waals surface area contributed by atoms with Gasteiger partial charge in [0.15, 0.2) is 0 Å². The fraction of sp³-hybridized carbons (Fsp3) is 0.304. The summed E-state index contributed by atoms with van der Waals surface area (Å²) in [4.78, 5) is 0. The summed E-state index contributed by atoms with van der Waals surface area (Å²) in [5.74, 6) is 0. The van der Waals surface area contributed by atoms with Crippen molar-refractivity contribution in [3.05, 3.63) is 274 Å². The molecule has 2 aliphatic carbocycles. The van der Waals surface area contributed by atoms with Gasteiger partial charge in [0, 0.05) is 5.41 Å². The van der Waals surface area contributed by atoms with Gasteiger partial charge in [-0.05, 0) is 211 Å². The fourth-order valence-electron chi connectivity index (χ4n) is 16.8. The lowest BCUT2D eigenvalue weighted by atomic mass is 9.66. The lowest BCUT2D eigenvalue weighted by molar-refractivity contribution is 0.398. The highest BCUT2D eigenvalue weighted by Gasteiger charge is 2.50. The Hall–Kier alpha value is -8.32. The summed E-state index contributed by atoms with van der Waals surface area (Å²) in [6, 6.07) is 86.9. The summed E-state index contributed by atoms with van der Waals surface area (Å²) in [6.07, 6.45) is 17.7. The van der Waals surface area contributed by atoms with E-state index in [9.17, 15) is 0 Å². The predicted molar refractivity (Wildman–Crippen MR) is 399 cm³/mol. The molecule has 0 radical (unpaired) electrons. The Balaban J connectivity index is 1.02. The first-order chi connectivity index (χ1) is 44.6. The molecular formula is C92H94. The van der Waals surface area contributed by atoms with Gasteiger partial charge in [0.1, 0.15) is 0 Å². The van der Waals surface area contributed by atoms with Crippen LogP contribution in [0.15, 0.2) is 218 Å². The topological polar surface area (TPSA) is 0 Å². The number of fused-ring (bicyclic) bond motifs is 10. The van der Waals surface area contributed by atoms with Crippen molar-refractivity contribution < 1.29 is 0 Å². The molecule has 92 heavy (non-hydrogen) atoms. The van der Waals surface area contributed by atoms with Crippen LogP contribution in [0.3, 0.4) is 0 Å². The van der Waals surface area contributed by atoms with Gasteiger partial charge in [0.05, 0.1) is 5.41 Å². The maximum Gasteiger partial charge on any atom is 0.0713 e. The molecule has 12 aromatic rings. The lowest BCUT2D eigenvalue weighted by Crippen LogP contribution is -2.29. The molecule has 12 aromatic carbocycles. The maximum absolute atomic E-state index is 2.77. The molecule has 0 nitrogen and oxygen atoms in total. The summed E-state index contributed by atoms with van der Waals surface area (Å²) in [5.41, 5.74) is 26.6. The molecule has 462 valence electrons. The van der Waals surface area contributed by atoms with E-state index in [4.69, 9.17) is 0 Å². The highest BCUT2D eigenvalue weighted by Crippen LogP contribution is 2.63. The zero-order valence-corrected chi connectivity index (χ0v) is 56.7. The summed E-state index contributed by atoms with van der Waals surface area (Å²) in [5, 5.41) is 10.2. The van der Waals surface area contributed by atoms with E-state index in [1.165, 1.54) is 226 Å². The first kappa shape index (κ1) is 61.2. The third-order valence-electron chi connectivity index (χ3n) is 21.8. The Kier molecular flexibility index (Phi) is 16.4. The van der Waals surface area contributed by atoms with Crippen molar-refractivity contribution in [2.45, 2.75) is 181 Å². The molecule has 0 atom stereocenters. The fourth-order valence-corrected chi connectivity index (χ4v) is 16.8. The van der Waals surface area contributed by atoms with E-state index in [2.05, 4.69) is 288 Å². The van der Waals surface area contributed by atoms with E-state index in [1.54, 1.807) is 5.56 Å². The van der Waals surface area contributed by atoms with Crippen LogP contribution in [0.1, 0.15) is 201 Å². The van der Waals surface area contributed by atoms with Gasteiger partial charge in [-0.2, -0.15) is 0 Å². The number of rotatable bonds is 19. The lowest BCUT2D eigenvalue weighted by Gasteiger charge is -2.36. The van der Waals surface area contributed by atoms with Crippen molar-refractivity contribution in [3.63, 3.8) is 0 Å². The Morgan fingerprint density at radius 1 is 0.293 bits per heavy atom. The van der Waals surface area contributed by atoms with Gasteiger partial charge in [-0.25, -0.2) is 0 Å². The highest BCUT2D eigenvalue weighted by atomic mass is 14.5. The average Bonchev–Trinajstić information content (AvgIpc) is 1.49. The third kappa shape index (κ3) is 10.7. The van der Waals surface area contributed by atoms with Crippen LogP contribution < -0.4 is 0 Å². The van der Waals surface area contributed by atoms with E-state index >= 15 is 0 Å². The van der Waals surface area contributed by atoms with Gasteiger partial charge < -0.3 is 0 Å². The second kappa shape index (κ2) is 24.6. The zero-order chi connectivity index (χ0) is 63.5. The normalized spacial score (nSPS) is 13.9. The smallest absolute Gasteiger partial charge is 0.0654 e. The molecule has 0 heteroatoms. The van der Waals surface area contributed by atoms with Crippen molar-refractivity contribution in [2.24, 2.45) is 0 Å². The van der Waals surface area contributed by atoms with Crippen LogP contribution in [-0.4, -0.2) is 0 Å². The minimum atomic E-state index is -0.538. The van der Waals surface area contributed by atoms with Crippen LogP contribution in [0.25, 0.3) is 98.7 Å². The van der Waals surface area contributed by atoms with Gasteiger partial charge in [0.25, 0.3) is 0 Å². The molecule has 0 fully saturated rings. The first-order valence-electron chi connectivity index (χ1n) is 35.3. The Morgan fingerprint density at radius 2 is 0.772 bits per heavy atom. The molecular weight excluding hydrogens is 1110 g/mol. The second-order valence-electron chi connectivity index (χ2n) is 29.9. The molecule has 0 saturated carbocycles. The standard InChI is InChI=1S/C92H94/c1-11-13-15-17-19-25-52-91(53-26-20-18-16-14-12-2)83-58-67(66-39-51-78-82(57-66)87(68-37-36-63-28-21-22-30-65(63)56-68)77-49-35-61(3)54-81(77)88(78)76-33-27-31-64-29-23-24-32-73(64)76)38-50-74(83)79-60-86-80(59-84(79)91)75-48-34-62(4)55-85(75)92(86,71-44-40-69(41-45-71)89(5,6)7)72-46-42-70(43-47-72)90(8,9)10/h21-24,27-51,54-60H,11-20,25-26,52-53H2,1-10H3. The van der Waals surface area contributed by atoms with Crippen LogP contribution >= 0.6 is 0 Å². The molecule has 0 bridgehead atoms. The first-order valence-corrected chi connectivity index (χ1v) is 35.3. The Bertz CT molecular complexity index is 4660. The minimum absolute atomic E-state index is 0.0290. The SMILES string of the molecule is CCCCCCCCC1(CCCCCCCC)c2cc(-c3ccc4c(-c5cccc6ccccc56)c5cc(C)ccc5c(-c5ccc6ccccc6c5)c4c3)ccc2-c2cc3c(cc21)-c1ccc(C)cc1C3(c1ccc(C(C)(C)C)cc1)c1ccc(C(C)(C)C)cc1. The monoisotopic (exact) mass is 1200 g/mol. The van der Waals surface area contributed by atoms with Gasteiger partial charge in [-0.3, -0.25) is 0 Å². The van der Waals surface area contributed by atoms with Gasteiger partial charge in [0.2, 0.25) is 0 Å². The molecule has 0 amide bonds. The summed E-state index contributed by atoms with van der Waals surface area (Å²) in [7, 11) is 0. The average molecular weight is 1200 g/mol. The van der Waals surface area contributed by atoms with E-state index in [0.717, 1.165) is 12.8 Å². The summed E-state index contributed by atoms with van der Waals surface area (Å²) >= 11 is 0. The molecule has 14 rings (SSSR count). The van der Waals surface area contributed by atoms with Crippen molar-refractivity contribution >= 4 is 43.1 Å². The second-order valence-corrected chi connectivity index (χ2v) is 29.9. The summed E-state index contributed by atoms with van der Waals surface area (Å²) in [6.45, 7) is 23.3. The van der Waals surface area contributed by atoms with Crippen molar-refractivity contribution in [1.82, 2.24) is 0 Å². The van der Waals surface area contributed by atoms with Crippen LogP contribution in [0.4, 0.5) is 0 Å². The molecule has 0 saturated heterocycles. The maximum atomic E-state index is 2.77. The van der Waals surface area contributed by atoms with Crippen molar-refractivity contribution in [2.75, 3.05) is 0 Å². The predicted octanol–water partition coefficient (Wildman–Crippen LogP) is 26.6. The van der Waals surface area contributed by atoms with Crippen LogP contribution in [0.5, 0.6) is 0 Å². The largest absolute Gasteiger partial charge is 0.0713 e. The van der Waals surface area contributed by atoms with Crippen LogP contribution in [0, 0.1) is 13.8 Å². The number of benzene rings is 12. The van der Waals surface area contributed by atoms with Crippen LogP contribution in [0.2, 0.25) is 0 Å². The van der Waals surface area contributed by atoms with E-state index in [0.29, 0.717) is 0 Å². The molecule has 0 aliphatic heterocycles. The van der Waals surface area contributed by atoms with Gasteiger partial charge in [-0.15, -0.1) is 0 Å². The molecule has 0 N–H and O–H groups in total. The zero-order valence-electron chi connectivity index (χ0n) is 56.7. The Morgan fingerprint density at radius 3 is 1.45 bits per heavy atom. The van der Waals surface area contributed by atoms with Crippen molar-refractivity contribution in [3.8, 4) is 55.6 Å². The van der Waals surface area contributed by atoms with E-state index in [1.807, 2.05) is 0 Å². The number of hydrogen-bond donors (Lipinski definition) is 0. The molecule has 0 aromatic heterocycles. The number of unbranched alkanes of at least 4 members (excludes halogenated alkanes) is 10. The van der Waals surface area contributed by atoms with Crippen molar-refractivity contribution in [1.29, 1.82) is 0 Å².